The zero-order valence-corrected chi connectivity index (χ0v) is 23.0. The van der Waals surface area contributed by atoms with Gasteiger partial charge in [0.25, 0.3) is 0 Å². The molecule has 1 saturated heterocycles. The highest BCUT2D eigenvalue weighted by atomic mass is 32.2. The lowest BCUT2D eigenvalue weighted by Crippen LogP contribution is -2.48. The van der Waals surface area contributed by atoms with Gasteiger partial charge < -0.3 is 30.3 Å². The van der Waals surface area contributed by atoms with Crippen molar-refractivity contribution in [2.75, 3.05) is 55.4 Å². The van der Waals surface area contributed by atoms with Gasteiger partial charge in [-0.15, -0.1) is 0 Å². The molecule has 2 aromatic carbocycles. The molecule has 0 unspecified atom stereocenters. The number of ether oxygens (including phenoxy) is 1. The fourth-order valence-corrected chi connectivity index (χ4v) is 5.38. The van der Waals surface area contributed by atoms with Gasteiger partial charge in [0.05, 0.1) is 35.2 Å². The summed E-state index contributed by atoms with van der Waals surface area (Å²) in [6, 6.07) is 12.3. The molecule has 12 nitrogen and oxygen atoms in total. The second-order valence-electron chi connectivity index (χ2n) is 9.20. The number of aliphatic hydroxyl groups excluding tert-OH is 1. The number of sulfone groups is 1. The number of benzene rings is 2. The van der Waals surface area contributed by atoms with Crippen LogP contribution in [-0.4, -0.2) is 84.4 Å². The second-order valence-corrected chi connectivity index (χ2v) is 11.7. The molecule has 1 aromatic heterocycles. The van der Waals surface area contributed by atoms with Crippen LogP contribution in [0.4, 0.5) is 29.0 Å². The Bertz CT molecular complexity index is 1410. The third-order valence-electron chi connectivity index (χ3n) is 6.39. The smallest absolute Gasteiger partial charge is 0.232 e. The Morgan fingerprint density at radius 1 is 1.03 bits per heavy atom. The van der Waals surface area contributed by atoms with Crippen LogP contribution in [0.3, 0.4) is 0 Å². The summed E-state index contributed by atoms with van der Waals surface area (Å²) in [5, 5.41) is 14.6. The van der Waals surface area contributed by atoms with Gasteiger partial charge in [0.15, 0.2) is 9.84 Å². The van der Waals surface area contributed by atoms with Crippen molar-refractivity contribution in [1.82, 2.24) is 19.9 Å². The number of rotatable bonds is 10. The number of hydrogen-bond acceptors (Lipinski definition) is 11. The van der Waals surface area contributed by atoms with Gasteiger partial charge in [-0.3, -0.25) is 4.79 Å². The van der Waals surface area contributed by atoms with Crippen LogP contribution in [0.25, 0.3) is 0 Å². The van der Waals surface area contributed by atoms with Crippen molar-refractivity contribution in [3.63, 3.8) is 0 Å². The maximum atomic E-state index is 12.8. The molecule has 0 bridgehead atoms. The summed E-state index contributed by atoms with van der Waals surface area (Å²) < 4.78 is 31.2. The molecule has 4 rings (SSSR count). The summed E-state index contributed by atoms with van der Waals surface area (Å²) in [5.41, 5.74) is 1.97. The van der Waals surface area contributed by atoms with Crippen LogP contribution >= 0.6 is 0 Å². The molecular weight excluding hydrogens is 522 g/mol. The summed E-state index contributed by atoms with van der Waals surface area (Å²) in [7, 11) is -1.95. The summed E-state index contributed by atoms with van der Waals surface area (Å²) in [6.07, 6.45) is 1.47. The number of aliphatic hydroxyl groups is 1. The van der Waals surface area contributed by atoms with E-state index >= 15 is 0 Å². The lowest BCUT2D eigenvalue weighted by atomic mass is 10.2. The quantitative estimate of drug-likeness (QED) is 0.339. The molecule has 0 radical (unpaired) electrons. The average molecular weight is 556 g/mol. The third kappa shape index (κ3) is 6.55. The number of piperazine rings is 1. The Morgan fingerprint density at radius 3 is 2.33 bits per heavy atom. The highest BCUT2D eigenvalue weighted by Gasteiger charge is 2.23. The van der Waals surface area contributed by atoms with Gasteiger partial charge in [-0.1, -0.05) is 12.1 Å². The number of aromatic nitrogens is 3. The molecule has 13 heteroatoms. The summed E-state index contributed by atoms with van der Waals surface area (Å²) in [6.45, 7) is 5.64. The molecule has 39 heavy (non-hydrogen) atoms. The first-order valence-electron chi connectivity index (χ1n) is 12.6. The SMILES string of the molecule is COc1cc(N2CCN(C(=O)CCO)CC2)ccc1Nc1ncnc(Nc2ccccc2S(=O)(=O)C(C)C)n1. The van der Waals surface area contributed by atoms with Crippen molar-refractivity contribution < 1.29 is 23.1 Å². The first-order chi connectivity index (χ1) is 18.7. The number of carbonyl (C=O) groups is 1. The standard InChI is InChI=1S/C26H33N7O5S/c1-18(2)39(36,37)23-7-5-4-6-21(23)30-26-28-17-27-25(31-26)29-20-9-8-19(16-22(20)38-3)32-11-13-33(14-12-32)24(35)10-15-34/h4-9,16-18,34H,10-15H2,1-3H3,(H2,27,28,29,30,31). The van der Waals surface area contributed by atoms with Crippen LogP contribution in [0.1, 0.15) is 20.3 Å². The highest BCUT2D eigenvalue weighted by Crippen LogP contribution is 2.32. The minimum atomic E-state index is -3.52. The molecule has 1 aliphatic heterocycles. The molecule has 1 aliphatic rings. The molecule has 0 aliphatic carbocycles. The normalized spacial score (nSPS) is 13.9. The van der Waals surface area contributed by atoms with Crippen molar-refractivity contribution in [2.45, 2.75) is 30.4 Å². The van der Waals surface area contributed by atoms with Crippen molar-refractivity contribution in [3.8, 4) is 5.75 Å². The second kappa shape index (κ2) is 12.3. The lowest BCUT2D eigenvalue weighted by Gasteiger charge is -2.36. The Kier molecular flexibility index (Phi) is 8.82. The average Bonchev–Trinajstić information content (AvgIpc) is 2.94. The van der Waals surface area contributed by atoms with Crippen molar-refractivity contribution in [2.24, 2.45) is 0 Å². The molecule has 0 spiro atoms. The first-order valence-corrected chi connectivity index (χ1v) is 14.1. The summed E-state index contributed by atoms with van der Waals surface area (Å²) in [4.78, 5) is 28.9. The highest BCUT2D eigenvalue weighted by molar-refractivity contribution is 7.92. The predicted octanol–water partition coefficient (Wildman–Crippen LogP) is 2.58. The predicted molar refractivity (Wildman–Crippen MR) is 149 cm³/mol. The maximum Gasteiger partial charge on any atom is 0.232 e. The fourth-order valence-electron chi connectivity index (χ4n) is 4.18. The molecule has 1 fully saturated rings. The van der Waals surface area contributed by atoms with Crippen LogP contribution in [0.2, 0.25) is 0 Å². The molecule has 0 atom stereocenters. The first kappa shape index (κ1) is 28.0. The number of carbonyl (C=O) groups excluding carboxylic acids is 1. The molecule has 3 aromatic rings. The van der Waals surface area contributed by atoms with E-state index in [2.05, 4.69) is 30.5 Å². The maximum absolute atomic E-state index is 12.8. The number of hydrogen-bond donors (Lipinski definition) is 3. The molecule has 208 valence electrons. The summed E-state index contributed by atoms with van der Waals surface area (Å²) >= 11 is 0. The number of nitrogens with one attached hydrogen (secondary N) is 2. The van der Waals surface area contributed by atoms with E-state index in [9.17, 15) is 13.2 Å². The minimum absolute atomic E-state index is 0.0366. The van der Waals surface area contributed by atoms with Crippen LogP contribution < -0.4 is 20.3 Å². The lowest BCUT2D eigenvalue weighted by molar-refractivity contribution is -0.132. The van der Waals surface area contributed by atoms with E-state index in [-0.39, 0.29) is 35.7 Å². The molecular formula is C26H33N7O5S. The number of nitrogens with zero attached hydrogens (tertiary/aromatic N) is 5. The van der Waals surface area contributed by atoms with Crippen molar-refractivity contribution >= 4 is 44.7 Å². The Labute approximate surface area is 228 Å². The third-order valence-corrected chi connectivity index (χ3v) is 8.60. The molecule has 2 heterocycles. The van der Waals surface area contributed by atoms with E-state index in [4.69, 9.17) is 9.84 Å². The molecule has 1 amide bonds. The summed E-state index contributed by atoms with van der Waals surface area (Å²) in [5.74, 6) is 0.974. The van der Waals surface area contributed by atoms with Gasteiger partial charge in [0.1, 0.15) is 12.1 Å². The zero-order chi connectivity index (χ0) is 28.0. The van der Waals surface area contributed by atoms with E-state index in [0.717, 1.165) is 5.69 Å². The van der Waals surface area contributed by atoms with Gasteiger partial charge in [-0.25, -0.2) is 18.4 Å². The van der Waals surface area contributed by atoms with E-state index in [1.807, 2.05) is 18.2 Å². The number of amides is 1. The Balaban J connectivity index is 1.48. The van der Waals surface area contributed by atoms with Gasteiger partial charge in [0.2, 0.25) is 17.8 Å². The van der Waals surface area contributed by atoms with Gasteiger partial charge in [0, 0.05) is 44.4 Å². The topological polar surface area (TPSA) is 150 Å². The van der Waals surface area contributed by atoms with E-state index in [0.29, 0.717) is 43.3 Å². The minimum Gasteiger partial charge on any atom is -0.494 e. The Morgan fingerprint density at radius 2 is 1.69 bits per heavy atom. The van der Waals surface area contributed by atoms with E-state index in [1.54, 1.807) is 50.1 Å². The monoisotopic (exact) mass is 555 g/mol. The van der Waals surface area contributed by atoms with Crippen LogP contribution in [0.15, 0.2) is 53.7 Å². The van der Waals surface area contributed by atoms with Gasteiger partial charge in [-0.2, -0.15) is 4.98 Å². The van der Waals surface area contributed by atoms with Crippen LogP contribution in [-0.2, 0) is 14.6 Å². The van der Waals surface area contributed by atoms with Crippen LogP contribution in [0.5, 0.6) is 5.75 Å². The Hall–Kier alpha value is -3.97. The van der Waals surface area contributed by atoms with Crippen LogP contribution in [0, 0.1) is 0 Å². The zero-order valence-electron chi connectivity index (χ0n) is 22.2. The largest absolute Gasteiger partial charge is 0.494 e. The molecule has 3 N–H and O–H groups in total. The fraction of sp³-hybridized carbons (Fsp3) is 0.385. The van der Waals surface area contributed by atoms with Crippen molar-refractivity contribution in [3.05, 3.63) is 48.8 Å². The number of methoxy groups -OCH3 is 1. The van der Waals surface area contributed by atoms with Crippen molar-refractivity contribution in [1.29, 1.82) is 0 Å². The van der Waals surface area contributed by atoms with E-state index < -0.39 is 15.1 Å². The number of para-hydroxylation sites is 1. The van der Waals surface area contributed by atoms with Gasteiger partial charge >= 0.3 is 0 Å². The van der Waals surface area contributed by atoms with E-state index in [1.165, 1.54) is 6.33 Å². The molecule has 0 saturated carbocycles. The number of anilines is 5. The van der Waals surface area contributed by atoms with Gasteiger partial charge in [-0.05, 0) is 38.1 Å².